The van der Waals surface area contributed by atoms with E-state index in [0.29, 0.717) is 16.5 Å². The van der Waals surface area contributed by atoms with Crippen molar-refractivity contribution in [1.82, 2.24) is 10.9 Å². The molecule has 120 valence electrons. The standard InChI is InChI=1S/C17H23BrN2O2/c18-15-11-5-4-10-14(15)17(22)20-19-16(21)12-6-9-13-7-2-1-3-8-13/h4-5,10-11,13H,1-3,6-9,12H2,(H,19,21)(H,20,22). The van der Waals surface area contributed by atoms with Gasteiger partial charge in [-0.05, 0) is 46.8 Å². The zero-order valence-electron chi connectivity index (χ0n) is 12.7. The Morgan fingerprint density at radius 3 is 2.55 bits per heavy atom. The number of hydrogen-bond donors (Lipinski definition) is 2. The van der Waals surface area contributed by atoms with Gasteiger partial charge in [-0.1, -0.05) is 44.2 Å². The molecule has 0 heterocycles. The topological polar surface area (TPSA) is 58.2 Å². The van der Waals surface area contributed by atoms with Crippen molar-refractivity contribution in [2.75, 3.05) is 0 Å². The Balaban J connectivity index is 1.65. The fraction of sp³-hybridized carbons (Fsp3) is 0.529. The summed E-state index contributed by atoms with van der Waals surface area (Å²) in [5.74, 6) is 0.348. The molecule has 1 aliphatic rings. The Morgan fingerprint density at radius 2 is 1.82 bits per heavy atom. The van der Waals surface area contributed by atoms with Gasteiger partial charge in [0, 0.05) is 10.9 Å². The molecule has 4 nitrogen and oxygen atoms in total. The molecular formula is C17H23BrN2O2. The van der Waals surface area contributed by atoms with E-state index < -0.39 is 0 Å². The molecule has 1 aliphatic carbocycles. The predicted molar refractivity (Wildman–Crippen MR) is 90.2 cm³/mol. The van der Waals surface area contributed by atoms with Gasteiger partial charge < -0.3 is 0 Å². The van der Waals surface area contributed by atoms with Gasteiger partial charge in [0.1, 0.15) is 0 Å². The van der Waals surface area contributed by atoms with Crippen molar-refractivity contribution >= 4 is 27.7 Å². The monoisotopic (exact) mass is 366 g/mol. The smallest absolute Gasteiger partial charge is 0.270 e. The number of hydrogen-bond acceptors (Lipinski definition) is 2. The summed E-state index contributed by atoms with van der Waals surface area (Å²) in [7, 11) is 0. The number of nitrogens with one attached hydrogen (secondary N) is 2. The van der Waals surface area contributed by atoms with Crippen LogP contribution in [0.4, 0.5) is 0 Å². The van der Waals surface area contributed by atoms with Gasteiger partial charge in [0.15, 0.2) is 0 Å². The lowest BCUT2D eigenvalue weighted by Crippen LogP contribution is -2.41. The normalized spacial score (nSPS) is 15.3. The molecule has 0 aliphatic heterocycles. The summed E-state index contributed by atoms with van der Waals surface area (Å²) in [6, 6.07) is 7.12. The van der Waals surface area contributed by atoms with Crippen molar-refractivity contribution in [2.45, 2.75) is 51.4 Å². The minimum Gasteiger partial charge on any atom is -0.273 e. The first-order valence-corrected chi connectivity index (χ1v) is 8.80. The minimum absolute atomic E-state index is 0.129. The van der Waals surface area contributed by atoms with Gasteiger partial charge in [0.25, 0.3) is 5.91 Å². The maximum atomic E-state index is 11.9. The third-order valence-corrected chi connectivity index (χ3v) is 4.87. The van der Waals surface area contributed by atoms with Gasteiger partial charge in [-0.2, -0.15) is 0 Å². The molecule has 1 fully saturated rings. The molecule has 0 saturated heterocycles. The fourth-order valence-corrected chi connectivity index (χ4v) is 3.39. The van der Waals surface area contributed by atoms with E-state index in [1.165, 1.54) is 32.1 Å². The summed E-state index contributed by atoms with van der Waals surface area (Å²) >= 11 is 3.32. The average Bonchev–Trinajstić information content (AvgIpc) is 2.54. The maximum Gasteiger partial charge on any atom is 0.270 e. The van der Waals surface area contributed by atoms with Crippen LogP contribution in [0.1, 0.15) is 61.7 Å². The van der Waals surface area contributed by atoms with E-state index in [0.717, 1.165) is 18.8 Å². The van der Waals surface area contributed by atoms with Gasteiger partial charge >= 0.3 is 0 Å². The van der Waals surface area contributed by atoms with E-state index in [1.54, 1.807) is 18.2 Å². The van der Waals surface area contributed by atoms with Gasteiger partial charge in [-0.15, -0.1) is 0 Å². The van der Waals surface area contributed by atoms with Crippen LogP contribution in [0.3, 0.4) is 0 Å². The Labute approximate surface area is 140 Å². The van der Waals surface area contributed by atoms with Crippen LogP contribution in [0.2, 0.25) is 0 Å². The van der Waals surface area contributed by atoms with Gasteiger partial charge in [0.05, 0.1) is 5.56 Å². The van der Waals surface area contributed by atoms with Crippen molar-refractivity contribution < 1.29 is 9.59 Å². The second-order valence-corrected chi connectivity index (χ2v) is 6.73. The van der Waals surface area contributed by atoms with E-state index in [2.05, 4.69) is 26.8 Å². The number of carbonyl (C=O) groups excluding carboxylic acids is 2. The highest BCUT2D eigenvalue weighted by molar-refractivity contribution is 9.10. The second-order valence-electron chi connectivity index (χ2n) is 5.88. The van der Waals surface area contributed by atoms with E-state index in [4.69, 9.17) is 0 Å². The molecule has 0 spiro atoms. The minimum atomic E-state index is -0.312. The lowest BCUT2D eigenvalue weighted by molar-refractivity contribution is -0.122. The maximum absolute atomic E-state index is 11.9. The van der Waals surface area contributed by atoms with Crippen LogP contribution in [0.5, 0.6) is 0 Å². The number of hydrazine groups is 1. The van der Waals surface area contributed by atoms with E-state index in [9.17, 15) is 9.59 Å². The molecule has 0 atom stereocenters. The molecule has 2 rings (SSSR count). The largest absolute Gasteiger partial charge is 0.273 e. The first kappa shape index (κ1) is 17.0. The van der Waals surface area contributed by atoms with Crippen LogP contribution < -0.4 is 10.9 Å². The lowest BCUT2D eigenvalue weighted by Gasteiger charge is -2.21. The molecule has 1 aromatic carbocycles. The summed E-state index contributed by atoms with van der Waals surface area (Å²) in [6.45, 7) is 0. The van der Waals surface area contributed by atoms with E-state index in [1.807, 2.05) is 6.07 Å². The zero-order chi connectivity index (χ0) is 15.8. The van der Waals surface area contributed by atoms with Gasteiger partial charge in [-0.3, -0.25) is 20.4 Å². The van der Waals surface area contributed by atoms with E-state index in [-0.39, 0.29) is 11.8 Å². The molecule has 0 unspecified atom stereocenters. The van der Waals surface area contributed by atoms with Crippen molar-refractivity contribution in [3.05, 3.63) is 34.3 Å². The first-order valence-electron chi connectivity index (χ1n) is 8.00. The molecule has 2 N–H and O–H groups in total. The highest BCUT2D eigenvalue weighted by atomic mass is 79.9. The van der Waals surface area contributed by atoms with Crippen molar-refractivity contribution in [1.29, 1.82) is 0 Å². The number of halogens is 1. The molecular weight excluding hydrogens is 344 g/mol. The Hall–Kier alpha value is -1.36. The van der Waals surface area contributed by atoms with Crippen molar-refractivity contribution in [3.8, 4) is 0 Å². The average molecular weight is 367 g/mol. The van der Waals surface area contributed by atoms with Gasteiger partial charge in [0.2, 0.25) is 5.91 Å². The van der Waals surface area contributed by atoms with Crippen LogP contribution in [-0.4, -0.2) is 11.8 Å². The molecule has 1 aromatic rings. The molecule has 22 heavy (non-hydrogen) atoms. The number of benzene rings is 1. The first-order chi connectivity index (χ1) is 10.7. The summed E-state index contributed by atoms with van der Waals surface area (Å²) in [6.07, 6.45) is 9.11. The molecule has 0 aromatic heterocycles. The SMILES string of the molecule is O=C(CCCC1CCCCC1)NNC(=O)c1ccccc1Br. The molecule has 1 saturated carbocycles. The van der Waals surface area contributed by atoms with Crippen LogP contribution in [0.25, 0.3) is 0 Å². The number of amides is 2. The van der Waals surface area contributed by atoms with Crippen LogP contribution >= 0.6 is 15.9 Å². The quantitative estimate of drug-likeness (QED) is 0.774. The molecule has 0 radical (unpaired) electrons. The molecule has 5 heteroatoms. The second kappa shape index (κ2) is 8.93. The third kappa shape index (κ3) is 5.44. The third-order valence-electron chi connectivity index (χ3n) is 4.17. The summed E-state index contributed by atoms with van der Waals surface area (Å²) in [4.78, 5) is 23.7. The van der Waals surface area contributed by atoms with Crippen LogP contribution in [-0.2, 0) is 4.79 Å². The zero-order valence-corrected chi connectivity index (χ0v) is 14.3. The number of carbonyl (C=O) groups is 2. The summed E-state index contributed by atoms with van der Waals surface area (Å²) in [5.41, 5.74) is 5.45. The van der Waals surface area contributed by atoms with Crippen molar-refractivity contribution in [2.24, 2.45) is 5.92 Å². The Morgan fingerprint density at radius 1 is 1.09 bits per heavy atom. The fourth-order valence-electron chi connectivity index (χ4n) is 2.93. The predicted octanol–water partition coefficient (Wildman–Crippen LogP) is 3.96. The molecule has 2 amide bonds. The van der Waals surface area contributed by atoms with Crippen LogP contribution in [0.15, 0.2) is 28.7 Å². The Bertz CT molecular complexity index is 513. The number of rotatable bonds is 5. The summed E-state index contributed by atoms with van der Waals surface area (Å²) in [5, 5.41) is 0. The summed E-state index contributed by atoms with van der Waals surface area (Å²) < 4.78 is 0.707. The van der Waals surface area contributed by atoms with E-state index >= 15 is 0 Å². The van der Waals surface area contributed by atoms with Crippen LogP contribution in [0, 0.1) is 5.92 Å². The van der Waals surface area contributed by atoms with Gasteiger partial charge in [-0.25, -0.2) is 0 Å². The highest BCUT2D eigenvalue weighted by Gasteiger charge is 2.14. The lowest BCUT2D eigenvalue weighted by atomic mass is 9.86. The van der Waals surface area contributed by atoms with Crippen molar-refractivity contribution in [3.63, 3.8) is 0 Å². The Kier molecular flexibility index (Phi) is 6.90. The highest BCUT2D eigenvalue weighted by Crippen LogP contribution is 2.27. The molecule has 0 bridgehead atoms.